The monoisotopic (exact) mass is 248 g/mol. The number of hydrogen-bond donors (Lipinski definition) is 1. The summed E-state index contributed by atoms with van der Waals surface area (Å²) in [6, 6.07) is 11.0. The molecule has 1 aliphatic heterocycles. The van der Waals surface area contributed by atoms with Crippen molar-refractivity contribution in [1.82, 2.24) is 4.90 Å². The van der Waals surface area contributed by atoms with Gasteiger partial charge in [0.05, 0.1) is 5.60 Å². The summed E-state index contributed by atoms with van der Waals surface area (Å²) in [5.41, 5.74) is 1.08. The molecule has 0 saturated carbocycles. The van der Waals surface area contributed by atoms with Crippen molar-refractivity contribution in [2.75, 3.05) is 6.54 Å². The van der Waals surface area contributed by atoms with Crippen molar-refractivity contribution in [3.05, 3.63) is 35.9 Å². The first kappa shape index (κ1) is 13.5. The molecular formula is C15H24N2O. The molecule has 3 nitrogen and oxygen atoms in total. The summed E-state index contributed by atoms with van der Waals surface area (Å²) in [4.78, 5) is 7.71. The minimum absolute atomic E-state index is 0.283. The van der Waals surface area contributed by atoms with Crippen molar-refractivity contribution in [1.29, 1.82) is 0 Å². The molecule has 2 N–H and O–H groups in total. The highest BCUT2D eigenvalue weighted by molar-refractivity contribution is 5.15. The van der Waals surface area contributed by atoms with Gasteiger partial charge in [0.15, 0.2) is 0 Å². The van der Waals surface area contributed by atoms with Gasteiger partial charge in [0.2, 0.25) is 0 Å². The van der Waals surface area contributed by atoms with Crippen LogP contribution < -0.4 is 5.90 Å². The van der Waals surface area contributed by atoms with Crippen LogP contribution in [0.3, 0.4) is 0 Å². The largest absolute Gasteiger partial charge is 0.297 e. The predicted molar refractivity (Wildman–Crippen MR) is 73.8 cm³/mol. The molecule has 3 heteroatoms. The molecule has 18 heavy (non-hydrogen) atoms. The second-order valence-electron chi connectivity index (χ2n) is 5.69. The summed E-state index contributed by atoms with van der Waals surface area (Å²) in [5.74, 6) is 5.47. The number of nitrogens with two attached hydrogens (primary N) is 1. The smallest absolute Gasteiger partial charge is 0.0992 e. The van der Waals surface area contributed by atoms with Gasteiger partial charge in [-0.05, 0) is 38.8 Å². The molecule has 1 atom stereocenters. The van der Waals surface area contributed by atoms with Crippen molar-refractivity contribution in [3.63, 3.8) is 0 Å². The van der Waals surface area contributed by atoms with Crippen LogP contribution in [0.25, 0.3) is 0 Å². The van der Waals surface area contributed by atoms with Gasteiger partial charge in [0, 0.05) is 12.6 Å². The lowest BCUT2D eigenvalue weighted by molar-refractivity contribution is -0.0941. The quantitative estimate of drug-likeness (QED) is 0.833. The van der Waals surface area contributed by atoms with E-state index < -0.39 is 0 Å². The Bertz CT molecular complexity index is 364. The maximum atomic E-state index is 5.47. The molecule has 1 heterocycles. The van der Waals surface area contributed by atoms with Gasteiger partial charge in [-0.2, -0.15) is 0 Å². The second-order valence-corrected chi connectivity index (χ2v) is 5.69. The van der Waals surface area contributed by atoms with Gasteiger partial charge in [0.1, 0.15) is 0 Å². The number of rotatable bonds is 4. The Morgan fingerprint density at radius 3 is 2.67 bits per heavy atom. The van der Waals surface area contributed by atoms with Crippen molar-refractivity contribution in [3.8, 4) is 0 Å². The van der Waals surface area contributed by atoms with Crippen LogP contribution in [0.2, 0.25) is 0 Å². The van der Waals surface area contributed by atoms with E-state index in [1.165, 1.54) is 18.4 Å². The first-order chi connectivity index (χ1) is 8.63. The molecule has 1 saturated heterocycles. The van der Waals surface area contributed by atoms with E-state index in [-0.39, 0.29) is 5.60 Å². The molecule has 0 spiro atoms. The van der Waals surface area contributed by atoms with Gasteiger partial charge in [-0.25, -0.2) is 5.90 Å². The normalized spacial score (nSPS) is 22.1. The maximum Gasteiger partial charge on any atom is 0.0992 e. The highest BCUT2D eigenvalue weighted by Crippen LogP contribution is 2.29. The minimum atomic E-state index is -0.283. The van der Waals surface area contributed by atoms with E-state index in [0.717, 1.165) is 19.5 Å². The van der Waals surface area contributed by atoms with E-state index >= 15 is 0 Å². The lowest BCUT2D eigenvalue weighted by Gasteiger charge is -2.43. The summed E-state index contributed by atoms with van der Waals surface area (Å²) in [7, 11) is 0. The summed E-state index contributed by atoms with van der Waals surface area (Å²) in [6.45, 7) is 6.28. The number of piperidine rings is 1. The maximum absolute atomic E-state index is 5.47. The first-order valence-electron chi connectivity index (χ1n) is 6.79. The molecule has 1 aromatic carbocycles. The van der Waals surface area contributed by atoms with Gasteiger partial charge in [0.25, 0.3) is 0 Å². The van der Waals surface area contributed by atoms with Crippen molar-refractivity contribution < 1.29 is 4.84 Å². The third-order valence-electron chi connectivity index (χ3n) is 3.95. The number of benzene rings is 1. The minimum Gasteiger partial charge on any atom is -0.297 e. The fraction of sp³-hybridized carbons (Fsp3) is 0.600. The van der Waals surface area contributed by atoms with Crippen LogP contribution in [-0.4, -0.2) is 23.1 Å². The lowest BCUT2D eigenvalue weighted by Crippen LogP contribution is -2.53. The summed E-state index contributed by atoms with van der Waals surface area (Å²) in [5, 5.41) is 0. The van der Waals surface area contributed by atoms with E-state index in [1.54, 1.807) is 0 Å². The molecule has 2 rings (SSSR count). The molecule has 1 unspecified atom stereocenters. The molecule has 0 radical (unpaired) electrons. The van der Waals surface area contributed by atoms with Crippen molar-refractivity contribution >= 4 is 0 Å². The molecule has 1 fully saturated rings. The van der Waals surface area contributed by atoms with Crippen LogP contribution in [0, 0.1) is 0 Å². The first-order valence-corrected chi connectivity index (χ1v) is 6.79. The van der Waals surface area contributed by atoms with E-state index in [0.29, 0.717) is 6.04 Å². The Balaban J connectivity index is 2.09. The van der Waals surface area contributed by atoms with Crippen LogP contribution in [0.1, 0.15) is 38.7 Å². The van der Waals surface area contributed by atoms with Crippen LogP contribution in [-0.2, 0) is 11.4 Å². The van der Waals surface area contributed by atoms with Crippen molar-refractivity contribution in [2.24, 2.45) is 5.90 Å². The third-order valence-corrected chi connectivity index (χ3v) is 3.95. The van der Waals surface area contributed by atoms with Gasteiger partial charge in [-0.3, -0.25) is 9.74 Å². The zero-order chi connectivity index (χ0) is 13.0. The Kier molecular flexibility index (Phi) is 4.38. The molecule has 1 aromatic rings. The fourth-order valence-corrected chi connectivity index (χ4v) is 2.86. The van der Waals surface area contributed by atoms with Crippen LogP contribution in [0.15, 0.2) is 30.3 Å². The Labute approximate surface area is 110 Å². The summed E-state index contributed by atoms with van der Waals surface area (Å²) >= 11 is 0. The standard InChI is InChI=1S/C15H24N2O/c1-15(2,18-16)14-10-6-7-11-17(14)12-13-8-4-3-5-9-13/h3-5,8-9,14H,6-7,10-12,16H2,1-2H3. The van der Waals surface area contributed by atoms with E-state index in [1.807, 2.05) is 0 Å². The lowest BCUT2D eigenvalue weighted by atomic mass is 9.88. The molecule has 0 aliphatic carbocycles. The predicted octanol–water partition coefficient (Wildman–Crippen LogP) is 2.71. The fourth-order valence-electron chi connectivity index (χ4n) is 2.86. The van der Waals surface area contributed by atoms with Crippen LogP contribution in [0.5, 0.6) is 0 Å². The highest BCUT2D eigenvalue weighted by Gasteiger charge is 2.36. The van der Waals surface area contributed by atoms with E-state index in [4.69, 9.17) is 10.7 Å². The molecule has 100 valence electrons. The molecule has 0 aromatic heterocycles. The van der Waals surface area contributed by atoms with Gasteiger partial charge in [-0.15, -0.1) is 0 Å². The van der Waals surface area contributed by atoms with Crippen LogP contribution in [0.4, 0.5) is 0 Å². The molecule has 0 amide bonds. The zero-order valence-electron chi connectivity index (χ0n) is 11.4. The highest BCUT2D eigenvalue weighted by atomic mass is 16.6. The molecule has 0 bridgehead atoms. The SMILES string of the molecule is CC(C)(ON)C1CCCCN1Cc1ccccc1. The van der Waals surface area contributed by atoms with Gasteiger partial charge >= 0.3 is 0 Å². The molecule has 1 aliphatic rings. The van der Waals surface area contributed by atoms with Gasteiger partial charge < -0.3 is 0 Å². The topological polar surface area (TPSA) is 38.5 Å². The Morgan fingerprint density at radius 1 is 1.28 bits per heavy atom. The van der Waals surface area contributed by atoms with E-state index in [2.05, 4.69) is 49.1 Å². The van der Waals surface area contributed by atoms with Gasteiger partial charge in [-0.1, -0.05) is 36.8 Å². The summed E-state index contributed by atoms with van der Waals surface area (Å²) < 4.78 is 0. The van der Waals surface area contributed by atoms with Crippen LogP contribution >= 0.6 is 0 Å². The number of nitrogens with zero attached hydrogens (tertiary/aromatic N) is 1. The Hall–Kier alpha value is -0.900. The van der Waals surface area contributed by atoms with Crippen molar-refractivity contribution in [2.45, 2.75) is 51.3 Å². The third kappa shape index (κ3) is 3.10. The average molecular weight is 248 g/mol. The Morgan fingerprint density at radius 2 is 2.00 bits per heavy atom. The molecular weight excluding hydrogens is 224 g/mol. The number of likely N-dealkylation sites (tertiary alicyclic amines) is 1. The summed E-state index contributed by atoms with van der Waals surface area (Å²) in [6.07, 6.45) is 3.70. The number of hydrogen-bond acceptors (Lipinski definition) is 3. The zero-order valence-corrected chi connectivity index (χ0v) is 11.4. The second kappa shape index (κ2) is 5.83. The average Bonchev–Trinajstić information content (AvgIpc) is 2.40. The van der Waals surface area contributed by atoms with E-state index in [9.17, 15) is 0 Å².